The minimum absolute atomic E-state index is 0.0647. The maximum absolute atomic E-state index is 12.2. The van der Waals surface area contributed by atoms with Crippen LogP contribution in [-0.4, -0.2) is 59.7 Å². The largest absolute Gasteiger partial charge is 0.346 e. The van der Waals surface area contributed by atoms with Gasteiger partial charge in [0.05, 0.1) is 6.42 Å². The van der Waals surface area contributed by atoms with Crippen molar-refractivity contribution in [3.8, 4) is 0 Å². The van der Waals surface area contributed by atoms with Crippen LogP contribution < -0.4 is 5.32 Å². The number of amides is 3. The van der Waals surface area contributed by atoms with Gasteiger partial charge in [0.1, 0.15) is 0 Å². The first kappa shape index (κ1) is 16.5. The third kappa shape index (κ3) is 4.30. The van der Waals surface area contributed by atoms with Crippen molar-refractivity contribution in [3.63, 3.8) is 0 Å². The molecule has 0 saturated carbocycles. The Balaban J connectivity index is 1.81. The fraction of sp³-hybridized carbons (Fsp3) is 0.533. The van der Waals surface area contributed by atoms with Gasteiger partial charge in [0.25, 0.3) is 0 Å². The van der Waals surface area contributed by atoms with Crippen LogP contribution in [-0.2, 0) is 20.8 Å². The minimum atomic E-state index is -0.576. The molecule has 120 valence electrons. The summed E-state index contributed by atoms with van der Waals surface area (Å²) < 4.78 is 0. The molecule has 1 aliphatic rings. The van der Waals surface area contributed by atoms with E-state index in [-0.39, 0.29) is 11.9 Å². The van der Waals surface area contributed by atoms with Crippen LogP contribution in [0.2, 0.25) is 0 Å². The molecule has 0 atom stereocenters. The number of rotatable bonds is 3. The molecule has 7 heteroatoms. The molecule has 2 heterocycles. The summed E-state index contributed by atoms with van der Waals surface area (Å²) in [4.78, 5) is 40.1. The Bertz CT molecular complexity index is 534. The molecule has 22 heavy (non-hydrogen) atoms. The molecule has 2 rings (SSSR count). The van der Waals surface area contributed by atoms with Gasteiger partial charge < -0.3 is 15.1 Å². The molecular formula is C15H21N3O3S. The average molecular weight is 323 g/mol. The van der Waals surface area contributed by atoms with E-state index < -0.39 is 11.8 Å². The first-order chi connectivity index (χ1) is 10.5. The molecule has 6 nitrogen and oxygen atoms in total. The minimum Gasteiger partial charge on any atom is -0.346 e. The zero-order chi connectivity index (χ0) is 16.1. The first-order valence-electron chi connectivity index (χ1n) is 7.37. The molecule has 0 bridgehead atoms. The lowest BCUT2D eigenvalue weighted by atomic mass is 10.2. The molecule has 0 aliphatic carbocycles. The van der Waals surface area contributed by atoms with Crippen LogP contribution in [0.4, 0.5) is 0 Å². The maximum Gasteiger partial charge on any atom is 0.312 e. The number of hydrogen-bond donors (Lipinski definition) is 1. The summed E-state index contributed by atoms with van der Waals surface area (Å²) >= 11 is 1.57. The van der Waals surface area contributed by atoms with Gasteiger partial charge in [-0.2, -0.15) is 0 Å². The monoisotopic (exact) mass is 323 g/mol. The lowest BCUT2D eigenvalue weighted by Gasteiger charge is -2.34. The van der Waals surface area contributed by atoms with Gasteiger partial charge in [-0.3, -0.25) is 14.4 Å². The van der Waals surface area contributed by atoms with E-state index in [1.54, 1.807) is 16.2 Å². The normalized spacial score (nSPS) is 15.0. The highest BCUT2D eigenvalue weighted by Gasteiger charge is 2.28. The van der Waals surface area contributed by atoms with E-state index in [0.29, 0.717) is 32.6 Å². The molecule has 1 fully saturated rings. The Morgan fingerprint density at radius 3 is 2.36 bits per heavy atom. The molecule has 0 unspecified atom stereocenters. The lowest BCUT2D eigenvalue weighted by molar-refractivity contribution is -0.148. The number of thiophene rings is 1. The number of carbonyl (C=O) groups is 3. The molecule has 1 saturated heterocycles. The highest BCUT2D eigenvalue weighted by Crippen LogP contribution is 2.12. The van der Waals surface area contributed by atoms with Gasteiger partial charge in [-0.1, -0.05) is 6.07 Å². The van der Waals surface area contributed by atoms with Crippen molar-refractivity contribution in [1.82, 2.24) is 15.1 Å². The first-order valence-corrected chi connectivity index (χ1v) is 8.25. The van der Waals surface area contributed by atoms with Gasteiger partial charge in [-0.05, 0) is 25.3 Å². The number of nitrogens with one attached hydrogen (secondary N) is 1. The number of hydrogen-bond acceptors (Lipinski definition) is 4. The van der Waals surface area contributed by atoms with Crippen molar-refractivity contribution in [3.05, 3.63) is 22.4 Å². The average Bonchev–Trinajstić information content (AvgIpc) is 2.98. The molecule has 0 aromatic carbocycles. The van der Waals surface area contributed by atoms with Crippen LogP contribution in [0.15, 0.2) is 17.5 Å². The molecule has 1 N–H and O–H groups in total. The van der Waals surface area contributed by atoms with E-state index in [9.17, 15) is 14.4 Å². The van der Waals surface area contributed by atoms with Crippen molar-refractivity contribution in [2.75, 3.05) is 26.2 Å². The summed E-state index contributed by atoms with van der Waals surface area (Å²) in [5.74, 6) is -1.02. The highest BCUT2D eigenvalue weighted by atomic mass is 32.1. The quantitative estimate of drug-likeness (QED) is 0.823. The van der Waals surface area contributed by atoms with Crippen molar-refractivity contribution < 1.29 is 14.4 Å². The van der Waals surface area contributed by atoms with E-state index in [1.807, 2.05) is 31.4 Å². The van der Waals surface area contributed by atoms with Gasteiger partial charge in [0.15, 0.2) is 0 Å². The SMILES string of the molecule is CC(C)NC(=O)C(=O)N1CCN(C(=O)Cc2cccs2)CC1. The van der Waals surface area contributed by atoms with Crippen molar-refractivity contribution in [1.29, 1.82) is 0 Å². The lowest BCUT2D eigenvalue weighted by Crippen LogP contribution is -2.54. The third-order valence-corrected chi connectivity index (χ3v) is 4.32. The summed E-state index contributed by atoms with van der Waals surface area (Å²) in [7, 11) is 0. The fourth-order valence-electron chi connectivity index (χ4n) is 2.30. The molecule has 1 aliphatic heterocycles. The van der Waals surface area contributed by atoms with Crippen LogP contribution in [0.25, 0.3) is 0 Å². The number of carbonyl (C=O) groups excluding carboxylic acids is 3. The van der Waals surface area contributed by atoms with Gasteiger partial charge in [0, 0.05) is 37.1 Å². The van der Waals surface area contributed by atoms with Crippen molar-refractivity contribution in [2.24, 2.45) is 0 Å². The second kappa shape index (κ2) is 7.40. The second-order valence-corrected chi connectivity index (χ2v) is 6.59. The van der Waals surface area contributed by atoms with Crippen LogP contribution in [0, 0.1) is 0 Å². The van der Waals surface area contributed by atoms with E-state index in [4.69, 9.17) is 0 Å². The van der Waals surface area contributed by atoms with Gasteiger partial charge >= 0.3 is 11.8 Å². The number of nitrogens with zero attached hydrogens (tertiary/aromatic N) is 2. The van der Waals surface area contributed by atoms with Crippen molar-refractivity contribution >= 4 is 29.1 Å². The summed E-state index contributed by atoms with van der Waals surface area (Å²) in [6, 6.07) is 3.81. The Morgan fingerprint density at radius 2 is 1.82 bits per heavy atom. The Morgan fingerprint density at radius 1 is 1.18 bits per heavy atom. The zero-order valence-corrected chi connectivity index (χ0v) is 13.7. The summed E-state index contributed by atoms with van der Waals surface area (Å²) in [5, 5.41) is 4.55. The predicted molar refractivity (Wildman–Crippen MR) is 84.5 cm³/mol. The fourth-order valence-corrected chi connectivity index (χ4v) is 3.00. The Kier molecular flexibility index (Phi) is 5.54. The Hall–Kier alpha value is -1.89. The summed E-state index contributed by atoms with van der Waals surface area (Å²) in [6.45, 7) is 5.38. The number of piperazine rings is 1. The van der Waals surface area contributed by atoms with E-state index in [0.717, 1.165) is 4.88 Å². The van der Waals surface area contributed by atoms with E-state index in [2.05, 4.69) is 5.32 Å². The highest BCUT2D eigenvalue weighted by molar-refractivity contribution is 7.10. The van der Waals surface area contributed by atoms with Gasteiger partial charge in [0.2, 0.25) is 5.91 Å². The van der Waals surface area contributed by atoms with E-state index in [1.165, 1.54) is 4.90 Å². The molecule has 1 aromatic rings. The molecule has 0 radical (unpaired) electrons. The van der Waals surface area contributed by atoms with Gasteiger partial charge in [-0.25, -0.2) is 0 Å². The topological polar surface area (TPSA) is 69.7 Å². The van der Waals surface area contributed by atoms with Crippen molar-refractivity contribution in [2.45, 2.75) is 26.3 Å². The van der Waals surface area contributed by atoms with Crippen LogP contribution in [0.5, 0.6) is 0 Å². The standard InChI is InChI=1S/C15H21N3O3S/c1-11(2)16-14(20)15(21)18-7-5-17(6-8-18)13(19)10-12-4-3-9-22-12/h3-4,9,11H,5-8,10H2,1-2H3,(H,16,20). The van der Waals surface area contributed by atoms with Gasteiger partial charge in [-0.15, -0.1) is 11.3 Å². The van der Waals surface area contributed by atoms with Crippen LogP contribution >= 0.6 is 11.3 Å². The summed E-state index contributed by atoms with van der Waals surface area (Å²) in [6.07, 6.45) is 0.402. The maximum atomic E-state index is 12.2. The third-order valence-electron chi connectivity index (χ3n) is 3.44. The summed E-state index contributed by atoms with van der Waals surface area (Å²) in [5.41, 5.74) is 0. The zero-order valence-electron chi connectivity index (χ0n) is 12.9. The second-order valence-electron chi connectivity index (χ2n) is 5.56. The van der Waals surface area contributed by atoms with E-state index >= 15 is 0 Å². The predicted octanol–water partition coefficient (Wildman–Crippen LogP) is 0.486. The molecule has 1 aromatic heterocycles. The Labute approximate surface area is 134 Å². The van der Waals surface area contributed by atoms with Crippen LogP contribution in [0.3, 0.4) is 0 Å². The smallest absolute Gasteiger partial charge is 0.312 e. The molecular weight excluding hydrogens is 302 g/mol. The van der Waals surface area contributed by atoms with Crippen LogP contribution in [0.1, 0.15) is 18.7 Å². The molecule has 3 amide bonds. The molecule has 0 spiro atoms.